The Hall–Kier alpha value is -5.53. The van der Waals surface area contributed by atoms with Gasteiger partial charge in [0.05, 0.1) is 18.8 Å². The molecule has 5 aromatic carbocycles. The number of carbonyl (C=O) groups excluding carboxylic acids is 2. The number of nitrogens with zero attached hydrogens (tertiary/aromatic N) is 3. The van der Waals surface area contributed by atoms with Gasteiger partial charge >= 0.3 is 0 Å². The number of halogens is 1. The van der Waals surface area contributed by atoms with E-state index in [9.17, 15) is 9.59 Å². The molecule has 238 valence electrons. The molecule has 48 heavy (non-hydrogen) atoms. The number of benzene rings is 5. The van der Waals surface area contributed by atoms with Gasteiger partial charge in [-0.2, -0.15) is 0 Å². The second-order valence-electron chi connectivity index (χ2n) is 12.2. The summed E-state index contributed by atoms with van der Waals surface area (Å²) in [6, 6.07) is 38.3. The van der Waals surface area contributed by atoms with Crippen molar-refractivity contribution in [3.63, 3.8) is 0 Å². The van der Waals surface area contributed by atoms with E-state index >= 15 is 0 Å². The number of aryl methyl sites for hydroxylation is 1. The molecule has 1 aliphatic rings. The summed E-state index contributed by atoms with van der Waals surface area (Å²) in [6.45, 7) is 2.25. The third-order valence-corrected chi connectivity index (χ3v) is 9.00. The number of amides is 2. The van der Waals surface area contributed by atoms with Gasteiger partial charge in [-0.05, 0) is 89.9 Å². The maximum atomic E-state index is 14.0. The van der Waals surface area contributed by atoms with Crippen LogP contribution in [0.4, 0.5) is 5.69 Å². The van der Waals surface area contributed by atoms with E-state index in [1.807, 2.05) is 116 Å². The molecule has 7 nitrogen and oxygen atoms in total. The van der Waals surface area contributed by atoms with Gasteiger partial charge in [0, 0.05) is 27.4 Å². The Morgan fingerprint density at radius 3 is 2.35 bits per heavy atom. The van der Waals surface area contributed by atoms with Crippen LogP contribution < -0.4 is 10.6 Å². The van der Waals surface area contributed by atoms with Crippen LogP contribution in [0.5, 0.6) is 0 Å². The van der Waals surface area contributed by atoms with Gasteiger partial charge in [0.1, 0.15) is 5.69 Å². The number of nitrogens with one attached hydrogen (secondary N) is 2. The minimum Gasteiger partial charge on any atom is -0.341 e. The van der Waals surface area contributed by atoms with Crippen LogP contribution in [0.3, 0.4) is 0 Å². The molecule has 6 aromatic rings. The molecule has 2 N–H and O–H groups in total. The van der Waals surface area contributed by atoms with Gasteiger partial charge in [0.15, 0.2) is 0 Å². The van der Waals surface area contributed by atoms with Crippen LogP contribution in [0, 0.1) is 6.92 Å². The normalized spacial score (nSPS) is 13.1. The van der Waals surface area contributed by atoms with E-state index in [0.717, 1.165) is 46.3 Å². The third kappa shape index (κ3) is 6.92. The van der Waals surface area contributed by atoms with Crippen LogP contribution in [-0.4, -0.2) is 26.8 Å². The minimum atomic E-state index is -0.340. The van der Waals surface area contributed by atoms with Crippen LogP contribution in [0.2, 0.25) is 5.02 Å². The first-order valence-corrected chi connectivity index (χ1v) is 16.4. The van der Waals surface area contributed by atoms with E-state index in [1.165, 1.54) is 5.56 Å². The van der Waals surface area contributed by atoms with Crippen LogP contribution in [0.25, 0.3) is 11.3 Å². The lowest BCUT2D eigenvalue weighted by molar-refractivity contribution is 0.0941. The molecule has 1 saturated carbocycles. The van der Waals surface area contributed by atoms with E-state index in [1.54, 1.807) is 4.68 Å². The maximum Gasteiger partial charge on any atom is 0.255 e. The number of aromatic nitrogens is 3. The van der Waals surface area contributed by atoms with Crippen molar-refractivity contribution in [2.24, 2.45) is 0 Å². The fourth-order valence-electron chi connectivity index (χ4n) is 6.05. The molecule has 0 radical (unpaired) electrons. The first-order valence-electron chi connectivity index (χ1n) is 16.0. The lowest BCUT2D eigenvalue weighted by Crippen LogP contribution is -2.31. The Balaban J connectivity index is 1.12. The molecule has 1 fully saturated rings. The zero-order chi connectivity index (χ0) is 33.0. The fraction of sp³-hybridized carbons (Fsp3) is 0.150. The summed E-state index contributed by atoms with van der Waals surface area (Å²) in [7, 11) is 0. The summed E-state index contributed by atoms with van der Waals surface area (Å²) < 4.78 is 1.71. The number of para-hydroxylation sites is 1. The molecule has 0 spiro atoms. The lowest BCUT2D eigenvalue weighted by Gasteiger charge is -2.23. The van der Waals surface area contributed by atoms with Crippen molar-refractivity contribution >= 4 is 29.1 Å². The van der Waals surface area contributed by atoms with Gasteiger partial charge in [0.25, 0.3) is 11.8 Å². The molecule has 2 amide bonds. The molecule has 1 unspecified atom stereocenters. The van der Waals surface area contributed by atoms with Crippen molar-refractivity contribution in [3.8, 4) is 11.3 Å². The van der Waals surface area contributed by atoms with Crippen LogP contribution in [-0.2, 0) is 6.54 Å². The number of hydrogen-bond acceptors (Lipinski definition) is 4. The topological polar surface area (TPSA) is 88.9 Å². The number of rotatable bonds is 10. The van der Waals surface area contributed by atoms with Crippen molar-refractivity contribution in [2.75, 3.05) is 5.32 Å². The van der Waals surface area contributed by atoms with Crippen molar-refractivity contribution in [2.45, 2.75) is 38.3 Å². The van der Waals surface area contributed by atoms with Crippen molar-refractivity contribution in [3.05, 3.63) is 171 Å². The summed E-state index contributed by atoms with van der Waals surface area (Å²) in [6.07, 6.45) is 4.15. The molecule has 0 aliphatic heterocycles. The SMILES string of the molecule is Cc1ccc(-c2cn(Cc3ccccc3C(=O)NC(c3ccc(Cl)cc3)c3ccccc3C3CC3)nn2)cc1C(=O)Nc1ccccc1. The fourth-order valence-corrected chi connectivity index (χ4v) is 6.18. The summed E-state index contributed by atoms with van der Waals surface area (Å²) in [5, 5.41) is 15.7. The average Bonchev–Trinajstić information content (AvgIpc) is 3.86. The minimum absolute atomic E-state index is 0.177. The molecule has 1 aliphatic carbocycles. The highest BCUT2D eigenvalue weighted by Crippen LogP contribution is 2.44. The molecular weight excluding hydrogens is 618 g/mol. The number of anilines is 1. The highest BCUT2D eigenvalue weighted by molar-refractivity contribution is 6.30. The highest BCUT2D eigenvalue weighted by Gasteiger charge is 2.30. The summed E-state index contributed by atoms with van der Waals surface area (Å²) >= 11 is 6.23. The predicted octanol–water partition coefficient (Wildman–Crippen LogP) is 8.60. The van der Waals surface area contributed by atoms with E-state index in [4.69, 9.17) is 11.6 Å². The Morgan fingerprint density at radius 2 is 1.56 bits per heavy atom. The van der Waals surface area contributed by atoms with Gasteiger partial charge in [-0.3, -0.25) is 9.59 Å². The quantitative estimate of drug-likeness (QED) is 0.155. The molecule has 1 aromatic heterocycles. The molecule has 1 heterocycles. The first-order chi connectivity index (χ1) is 23.4. The molecule has 8 heteroatoms. The van der Waals surface area contributed by atoms with E-state index in [-0.39, 0.29) is 17.9 Å². The zero-order valence-corrected chi connectivity index (χ0v) is 27.2. The van der Waals surface area contributed by atoms with Gasteiger partial charge < -0.3 is 10.6 Å². The average molecular weight is 652 g/mol. The Kier molecular flexibility index (Phi) is 8.86. The Labute approximate surface area is 284 Å². The van der Waals surface area contributed by atoms with Gasteiger partial charge in [-0.25, -0.2) is 4.68 Å². The standard InChI is InChI=1S/C40H34ClN5O2/c1-26-15-16-29(23-36(26)40(48)42-32-10-3-2-4-11-32)37-25-46(45-44-37)24-30-9-5-6-13-34(30)39(47)43-38(28-19-21-31(41)22-20-28)35-14-8-7-12-33(35)27-17-18-27/h2-16,19-23,25,27,38H,17-18,24H2,1H3,(H,42,48)(H,43,47). The summed E-state index contributed by atoms with van der Waals surface area (Å²) in [5.41, 5.74) is 8.27. The van der Waals surface area contributed by atoms with Crippen molar-refractivity contribution < 1.29 is 9.59 Å². The van der Waals surface area contributed by atoms with E-state index < -0.39 is 0 Å². The number of hydrogen-bond donors (Lipinski definition) is 2. The summed E-state index contributed by atoms with van der Waals surface area (Å²) in [4.78, 5) is 27.1. The van der Waals surface area contributed by atoms with Crippen molar-refractivity contribution in [1.82, 2.24) is 20.3 Å². The summed E-state index contributed by atoms with van der Waals surface area (Å²) in [5.74, 6) is 0.151. The van der Waals surface area contributed by atoms with E-state index in [2.05, 4.69) is 39.1 Å². The van der Waals surface area contributed by atoms with Gasteiger partial charge in [0.2, 0.25) is 0 Å². The number of carbonyl (C=O) groups is 2. The smallest absolute Gasteiger partial charge is 0.255 e. The molecule has 0 saturated heterocycles. The zero-order valence-electron chi connectivity index (χ0n) is 26.4. The van der Waals surface area contributed by atoms with Crippen LogP contribution in [0.1, 0.15) is 73.3 Å². The second kappa shape index (κ2) is 13.7. The maximum absolute atomic E-state index is 14.0. The molecule has 7 rings (SSSR count). The second-order valence-corrected chi connectivity index (χ2v) is 12.6. The third-order valence-electron chi connectivity index (χ3n) is 8.75. The molecule has 0 bridgehead atoms. The van der Waals surface area contributed by atoms with Crippen LogP contribution in [0.15, 0.2) is 128 Å². The van der Waals surface area contributed by atoms with Gasteiger partial charge in [-0.15, -0.1) is 5.10 Å². The highest BCUT2D eigenvalue weighted by atomic mass is 35.5. The monoisotopic (exact) mass is 651 g/mol. The van der Waals surface area contributed by atoms with E-state index in [0.29, 0.717) is 34.3 Å². The first kappa shape index (κ1) is 31.1. The Bertz CT molecular complexity index is 2090. The largest absolute Gasteiger partial charge is 0.341 e. The lowest BCUT2D eigenvalue weighted by atomic mass is 9.92. The molecule has 1 atom stereocenters. The predicted molar refractivity (Wildman–Crippen MR) is 189 cm³/mol. The Morgan fingerprint density at radius 1 is 0.833 bits per heavy atom. The van der Waals surface area contributed by atoms with Crippen molar-refractivity contribution in [1.29, 1.82) is 0 Å². The van der Waals surface area contributed by atoms with Crippen LogP contribution >= 0.6 is 11.6 Å². The van der Waals surface area contributed by atoms with Gasteiger partial charge in [-0.1, -0.05) is 102 Å². The molecular formula is C40H34ClN5O2.